The Balaban J connectivity index is 1.68. The maximum Gasteiger partial charge on any atom is 0.260 e. The number of halogens is 1. The third kappa shape index (κ3) is 4.83. The number of fused-ring (bicyclic) bond motifs is 1. The van der Waals surface area contributed by atoms with Crippen molar-refractivity contribution in [2.45, 2.75) is 39.0 Å². The first-order chi connectivity index (χ1) is 15.6. The summed E-state index contributed by atoms with van der Waals surface area (Å²) < 4.78 is 20.4. The minimum absolute atomic E-state index is 0.0251. The molecular formula is C27H29FN2O2. The molecule has 1 N–H and O–H groups in total. The largest absolute Gasteiger partial charge is 0.481 e. The lowest BCUT2D eigenvalue weighted by Crippen LogP contribution is -2.37. The van der Waals surface area contributed by atoms with Crippen LogP contribution in [0.1, 0.15) is 42.1 Å². The Morgan fingerprint density at radius 2 is 1.88 bits per heavy atom. The highest BCUT2D eigenvalue weighted by Crippen LogP contribution is 2.38. The molecule has 1 aliphatic heterocycles. The highest BCUT2D eigenvalue weighted by Gasteiger charge is 2.30. The van der Waals surface area contributed by atoms with E-state index in [1.807, 2.05) is 49.4 Å². The van der Waals surface area contributed by atoms with Crippen molar-refractivity contribution in [2.75, 3.05) is 13.1 Å². The zero-order valence-corrected chi connectivity index (χ0v) is 18.6. The van der Waals surface area contributed by atoms with Gasteiger partial charge in [-0.2, -0.15) is 0 Å². The Labute approximate surface area is 189 Å². The van der Waals surface area contributed by atoms with E-state index in [0.29, 0.717) is 24.4 Å². The van der Waals surface area contributed by atoms with Crippen LogP contribution in [-0.2, 0) is 17.8 Å². The molecule has 1 heterocycles. The standard InChI is InChI=1S/C27H29FN2O2/c1-3-29-27(31)19(2)32-23-14-13-20-15-16-30(18-22-11-7-8-12-25(22)28)26(24(20)17-23)21-9-5-4-6-10-21/h4-14,17,19,26H,3,15-16,18H2,1-2H3,(H,29,31)/t19-,26+/m1/s1. The number of carbonyl (C=O) groups is 1. The Morgan fingerprint density at radius 3 is 2.62 bits per heavy atom. The first-order valence-corrected chi connectivity index (χ1v) is 11.2. The molecular weight excluding hydrogens is 403 g/mol. The summed E-state index contributed by atoms with van der Waals surface area (Å²) in [4.78, 5) is 14.4. The molecule has 0 radical (unpaired) electrons. The minimum Gasteiger partial charge on any atom is -0.481 e. The zero-order chi connectivity index (χ0) is 22.5. The summed E-state index contributed by atoms with van der Waals surface area (Å²) in [6.07, 6.45) is 0.292. The number of carbonyl (C=O) groups excluding carboxylic acids is 1. The Morgan fingerprint density at radius 1 is 1.12 bits per heavy atom. The van der Waals surface area contributed by atoms with Gasteiger partial charge in [0.1, 0.15) is 11.6 Å². The van der Waals surface area contributed by atoms with Gasteiger partial charge in [0.25, 0.3) is 5.91 Å². The van der Waals surface area contributed by atoms with Crippen LogP contribution in [0.25, 0.3) is 0 Å². The van der Waals surface area contributed by atoms with Gasteiger partial charge < -0.3 is 10.1 Å². The van der Waals surface area contributed by atoms with Crippen molar-refractivity contribution in [1.29, 1.82) is 0 Å². The Bertz CT molecular complexity index is 1070. The monoisotopic (exact) mass is 432 g/mol. The van der Waals surface area contributed by atoms with E-state index in [9.17, 15) is 9.18 Å². The van der Waals surface area contributed by atoms with Gasteiger partial charge >= 0.3 is 0 Å². The maximum atomic E-state index is 14.4. The molecule has 3 aromatic carbocycles. The molecule has 1 amide bonds. The van der Waals surface area contributed by atoms with Gasteiger partial charge in [0.2, 0.25) is 0 Å². The summed E-state index contributed by atoms with van der Waals surface area (Å²) in [6.45, 7) is 5.56. The summed E-state index contributed by atoms with van der Waals surface area (Å²) in [5.41, 5.74) is 4.23. The predicted molar refractivity (Wildman–Crippen MR) is 124 cm³/mol. The average molecular weight is 433 g/mol. The summed E-state index contributed by atoms with van der Waals surface area (Å²) >= 11 is 0. The smallest absolute Gasteiger partial charge is 0.260 e. The van der Waals surface area contributed by atoms with Gasteiger partial charge in [0, 0.05) is 25.2 Å². The highest BCUT2D eigenvalue weighted by atomic mass is 19.1. The molecule has 3 aromatic rings. The topological polar surface area (TPSA) is 41.6 Å². The van der Waals surface area contributed by atoms with Gasteiger partial charge in [0.05, 0.1) is 6.04 Å². The molecule has 0 unspecified atom stereocenters. The average Bonchev–Trinajstić information content (AvgIpc) is 2.81. The van der Waals surface area contributed by atoms with Crippen molar-refractivity contribution in [3.63, 3.8) is 0 Å². The van der Waals surface area contributed by atoms with Crippen LogP contribution in [-0.4, -0.2) is 30.0 Å². The van der Waals surface area contributed by atoms with Gasteiger partial charge in [-0.3, -0.25) is 9.69 Å². The number of hydrogen-bond donors (Lipinski definition) is 1. The molecule has 0 saturated heterocycles. The number of likely N-dealkylation sites (N-methyl/N-ethyl adjacent to an activating group) is 1. The summed E-state index contributed by atoms with van der Waals surface area (Å²) in [7, 11) is 0. The summed E-state index contributed by atoms with van der Waals surface area (Å²) in [5, 5.41) is 2.79. The van der Waals surface area contributed by atoms with Crippen LogP contribution in [0.3, 0.4) is 0 Å². The van der Waals surface area contributed by atoms with E-state index in [2.05, 4.69) is 28.4 Å². The van der Waals surface area contributed by atoms with Crippen LogP contribution in [0.15, 0.2) is 72.8 Å². The fraction of sp³-hybridized carbons (Fsp3) is 0.296. The third-order valence-corrected chi connectivity index (χ3v) is 5.93. The molecule has 4 rings (SSSR count). The number of nitrogens with one attached hydrogen (secondary N) is 1. The van der Waals surface area contributed by atoms with Crippen molar-refractivity contribution in [1.82, 2.24) is 10.2 Å². The molecule has 0 aliphatic carbocycles. The maximum absolute atomic E-state index is 14.4. The molecule has 4 nitrogen and oxygen atoms in total. The number of hydrogen-bond acceptors (Lipinski definition) is 3. The number of benzene rings is 3. The molecule has 0 fully saturated rings. The van der Waals surface area contributed by atoms with Gasteiger partial charge in [0.15, 0.2) is 6.10 Å². The van der Waals surface area contributed by atoms with E-state index in [1.165, 1.54) is 11.6 Å². The minimum atomic E-state index is -0.582. The van der Waals surface area contributed by atoms with E-state index in [4.69, 9.17) is 4.74 Å². The quantitative estimate of drug-likeness (QED) is 0.579. The first-order valence-electron chi connectivity index (χ1n) is 11.2. The SMILES string of the molecule is CCNC(=O)[C@@H](C)Oc1ccc2c(c1)[C@H](c1ccccc1)N(Cc1ccccc1F)CC2. The summed E-state index contributed by atoms with van der Waals surface area (Å²) in [5.74, 6) is 0.347. The van der Waals surface area contributed by atoms with Crippen molar-refractivity contribution in [3.8, 4) is 5.75 Å². The van der Waals surface area contributed by atoms with E-state index in [-0.39, 0.29) is 17.8 Å². The fourth-order valence-corrected chi connectivity index (χ4v) is 4.34. The van der Waals surface area contributed by atoms with Gasteiger partial charge in [-0.05, 0) is 55.2 Å². The normalized spacial score (nSPS) is 16.8. The van der Waals surface area contributed by atoms with Crippen molar-refractivity contribution in [3.05, 3.63) is 101 Å². The van der Waals surface area contributed by atoms with Crippen molar-refractivity contribution >= 4 is 5.91 Å². The number of amides is 1. The highest BCUT2D eigenvalue weighted by molar-refractivity contribution is 5.80. The summed E-state index contributed by atoms with van der Waals surface area (Å²) in [6, 6.07) is 23.3. The molecule has 2 atom stereocenters. The van der Waals surface area contributed by atoms with Crippen LogP contribution >= 0.6 is 0 Å². The predicted octanol–water partition coefficient (Wildman–Crippen LogP) is 4.88. The Kier molecular flexibility index (Phi) is 6.86. The van der Waals surface area contributed by atoms with E-state index in [0.717, 1.165) is 24.1 Å². The van der Waals surface area contributed by atoms with Crippen LogP contribution in [0.4, 0.5) is 4.39 Å². The van der Waals surface area contributed by atoms with Gasteiger partial charge in [-0.15, -0.1) is 0 Å². The molecule has 0 saturated carbocycles. The molecule has 0 aromatic heterocycles. The van der Waals surface area contributed by atoms with Crippen LogP contribution in [0, 0.1) is 5.82 Å². The third-order valence-electron chi connectivity index (χ3n) is 5.93. The Hall–Kier alpha value is -3.18. The fourth-order valence-electron chi connectivity index (χ4n) is 4.34. The van der Waals surface area contributed by atoms with Crippen molar-refractivity contribution in [2.24, 2.45) is 0 Å². The van der Waals surface area contributed by atoms with Crippen LogP contribution in [0.5, 0.6) is 5.75 Å². The van der Waals surface area contributed by atoms with Crippen LogP contribution < -0.4 is 10.1 Å². The van der Waals surface area contributed by atoms with E-state index in [1.54, 1.807) is 13.0 Å². The number of ether oxygens (including phenoxy) is 1. The van der Waals surface area contributed by atoms with Gasteiger partial charge in [-0.1, -0.05) is 54.6 Å². The lowest BCUT2D eigenvalue weighted by atomic mass is 9.87. The second kappa shape index (κ2) is 9.96. The van der Waals surface area contributed by atoms with Crippen LogP contribution in [0.2, 0.25) is 0 Å². The lowest BCUT2D eigenvalue weighted by molar-refractivity contribution is -0.127. The number of nitrogens with zero attached hydrogens (tertiary/aromatic N) is 1. The molecule has 0 bridgehead atoms. The number of rotatable bonds is 7. The second-order valence-electron chi connectivity index (χ2n) is 8.14. The molecule has 5 heteroatoms. The lowest BCUT2D eigenvalue weighted by Gasteiger charge is -2.38. The van der Waals surface area contributed by atoms with E-state index >= 15 is 0 Å². The zero-order valence-electron chi connectivity index (χ0n) is 18.6. The van der Waals surface area contributed by atoms with Gasteiger partial charge in [-0.25, -0.2) is 4.39 Å². The van der Waals surface area contributed by atoms with Crippen molar-refractivity contribution < 1.29 is 13.9 Å². The molecule has 0 spiro atoms. The second-order valence-corrected chi connectivity index (χ2v) is 8.14. The molecule has 1 aliphatic rings. The van der Waals surface area contributed by atoms with E-state index < -0.39 is 6.10 Å². The molecule has 166 valence electrons. The molecule has 32 heavy (non-hydrogen) atoms. The first kappa shape index (κ1) is 22.0.